The average molecular weight is 157 g/mol. The quantitative estimate of drug-likeness (QED) is 0.536. The standard InChI is InChI=1S/C5H11N.3CH3.Al/c6-5-3-1-2-4-5;;;;/h5H,1-4,6H2;3*1H3;. The lowest BCUT2D eigenvalue weighted by molar-refractivity contribution is 0.704. The Labute approximate surface area is 69.4 Å². The van der Waals surface area contributed by atoms with Crippen molar-refractivity contribution in [2.75, 3.05) is 0 Å². The van der Waals surface area contributed by atoms with Gasteiger partial charge in [-0.3, -0.25) is 0 Å². The van der Waals surface area contributed by atoms with Gasteiger partial charge in [0.25, 0.3) is 14.1 Å². The highest BCUT2D eigenvalue weighted by molar-refractivity contribution is 6.54. The van der Waals surface area contributed by atoms with Crippen molar-refractivity contribution in [3.05, 3.63) is 0 Å². The van der Waals surface area contributed by atoms with Gasteiger partial charge >= 0.3 is 0 Å². The Balaban J connectivity index is 0.000000180. The first-order chi connectivity index (χ1) is 4.63. The van der Waals surface area contributed by atoms with Gasteiger partial charge < -0.3 is 5.73 Å². The first-order valence-electron chi connectivity index (χ1n) is 4.38. The molecule has 1 rings (SSSR count). The lowest BCUT2D eigenvalue weighted by atomic mass is 10.3. The number of rotatable bonds is 0. The van der Waals surface area contributed by atoms with E-state index in [1.165, 1.54) is 25.7 Å². The van der Waals surface area contributed by atoms with Gasteiger partial charge in [0.1, 0.15) is 0 Å². The third kappa shape index (κ3) is 8.49. The summed E-state index contributed by atoms with van der Waals surface area (Å²) in [6.07, 6.45) is 5.25. The van der Waals surface area contributed by atoms with Gasteiger partial charge in [-0.15, -0.1) is 17.4 Å². The molecular weight excluding hydrogens is 137 g/mol. The van der Waals surface area contributed by atoms with Crippen molar-refractivity contribution in [1.29, 1.82) is 0 Å². The minimum Gasteiger partial charge on any atom is -0.328 e. The van der Waals surface area contributed by atoms with Crippen LogP contribution in [0.1, 0.15) is 25.7 Å². The second-order valence-electron chi connectivity index (χ2n) is 3.78. The molecule has 0 atom stereocenters. The molecule has 0 amide bonds. The van der Waals surface area contributed by atoms with Crippen molar-refractivity contribution in [1.82, 2.24) is 0 Å². The Morgan fingerprint density at radius 2 is 1.40 bits per heavy atom. The molecular formula is C8H20AlN. The normalized spacial score (nSPS) is 18.0. The molecule has 1 aliphatic carbocycles. The molecule has 10 heavy (non-hydrogen) atoms. The molecule has 0 bridgehead atoms. The molecule has 0 aromatic carbocycles. The number of nitrogens with two attached hydrogens (primary N) is 1. The Bertz CT molecular complexity index is 64.9. The molecule has 0 aromatic rings. The van der Waals surface area contributed by atoms with E-state index < -0.39 is 0 Å². The smallest absolute Gasteiger partial charge is 0.251 e. The van der Waals surface area contributed by atoms with Gasteiger partial charge in [0.05, 0.1) is 0 Å². The molecule has 0 saturated heterocycles. The first kappa shape index (κ1) is 10.5. The fourth-order valence-electron chi connectivity index (χ4n) is 0.957. The van der Waals surface area contributed by atoms with E-state index in [0.29, 0.717) is 6.04 Å². The van der Waals surface area contributed by atoms with E-state index in [0.717, 1.165) is 0 Å². The highest BCUT2D eigenvalue weighted by Gasteiger charge is 2.07. The zero-order valence-corrected chi connectivity index (χ0v) is 8.72. The summed E-state index contributed by atoms with van der Waals surface area (Å²) >= 11 is -0.139. The maximum atomic E-state index is 5.53. The van der Waals surface area contributed by atoms with Crippen LogP contribution in [0.2, 0.25) is 17.4 Å². The van der Waals surface area contributed by atoms with Gasteiger partial charge in [0, 0.05) is 6.04 Å². The van der Waals surface area contributed by atoms with Gasteiger partial charge in [-0.1, -0.05) is 12.8 Å². The predicted molar refractivity (Wildman–Crippen MR) is 49.8 cm³/mol. The first-order valence-corrected chi connectivity index (χ1v) is 7.85. The van der Waals surface area contributed by atoms with Gasteiger partial charge in [-0.25, -0.2) is 0 Å². The minimum atomic E-state index is -0.139. The summed E-state index contributed by atoms with van der Waals surface area (Å²) in [7, 11) is 0. The van der Waals surface area contributed by atoms with Crippen LogP contribution in [-0.2, 0) is 0 Å². The van der Waals surface area contributed by atoms with E-state index >= 15 is 0 Å². The van der Waals surface area contributed by atoms with Crippen molar-refractivity contribution in [2.24, 2.45) is 5.73 Å². The molecule has 0 spiro atoms. The van der Waals surface area contributed by atoms with Crippen LogP contribution in [0, 0.1) is 0 Å². The minimum absolute atomic E-state index is 0.139. The summed E-state index contributed by atoms with van der Waals surface area (Å²) in [5.41, 5.74) is 5.53. The molecule has 2 heteroatoms. The number of hydrogen-bond acceptors (Lipinski definition) is 1. The van der Waals surface area contributed by atoms with Crippen molar-refractivity contribution < 1.29 is 0 Å². The van der Waals surface area contributed by atoms with Crippen LogP contribution in [0.15, 0.2) is 0 Å². The van der Waals surface area contributed by atoms with Crippen LogP contribution < -0.4 is 5.73 Å². The van der Waals surface area contributed by atoms with E-state index in [1.54, 1.807) is 0 Å². The Kier molecular flexibility index (Phi) is 6.52. The molecule has 1 saturated carbocycles. The van der Waals surface area contributed by atoms with Crippen LogP contribution in [0.5, 0.6) is 0 Å². The van der Waals surface area contributed by atoms with Crippen LogP contribution in [0.25, 0.3) is 0 Å². The molecule has 0 aromatic heterocycles. The molecule has 1 aliphatic rings. The Hall–Kier alpha value is 0.492. The summed E-state index contributed by atoms with van der Waals surface area (Å²) in [4.78, 5) is 0. The molecule has 1 nitrogen and oxygen atoms in total. The largest absolute Gasteiger partial charge is 0.328 e. The topological polar surface area (TPSA) is 26.0 Å². The Morgan fingerprint density at radius 1 is 1.10 bits per heavy atom. The summed E-state index contributed by atoms with van der Waals surface area (Å²) in [5, 5.41) is 0. The monoisotopic (exact) mass is 157 g/mol. The fraction of sp³-hybridized carbons (Fsp3) is 1.00. The zero-order chi connectivity index (χ0) is 7.98. The third-order valence-electron chi connectivity index (χ3n) is 1.40. The van der Waals surface area contributed by atoms with Gasteiger partial charge in [0.2, 0.25) is 0 Å². The highest BCUT2D eigenvalue weighted by Crippen LogP contribution is 2.14. The van der Waals surface area contributed by atoms with E-state index in [2.05, 4.69) is 17.4 Å². The predicted octanol–water partition coefficient (Wildman–Crippen LogP) is 2.26. The van der Waals surface area contributed by atoms with Crippen molar-refractivity contribution in [3.63, 3.8) is 0 Å². The fourth-order valence-corrected chi connectivity index (χ4v) is 0.957. The van der Waals surface area contributed by atoms with E-state index in [1.807, 2.05) is 0 Å². The second kappa shape index (κ2) is 6.22. The lowest BCUT2D eigenvalue weighted by Gasteiger charge is -1.92. The van der Waals surface area contributed by atoms with Crippen LogP contribution in [-0.4, -0.2) is 20.2 Å². The Morgan fingerprint density at radius 3 is 1.50 bits per heavy atom. The van der Waals surface area contributed by atoms with Crippen LogP contribution in [0.3, 0.4) is 0 Å². The maximum absolute atomic E-state index is 5.53. The maximum Gasteiger partial charge on any atom is 0.251 e. The van der Waals surface area contributed by atoms with E-state index in [-0.39, 0.29) is 14.1 Å². The second-order valence-corrected chi connectivity index (χ2v) is 7.24. The van der Waals surface area contributed by atoms with Crippen LogP contribution >= 0.6 is 0 Å². The molecule has 0 aliphatic heterocycles. The molecule has 2 N–H and O–H groups in total. The molecule has 60 valence electrons. The zero-order valence-electron chi connectivity index (χ0n) is 7.56. The van der Waals surface area contributed by atoms with E-state index in [9.17, 15) is 0 Å². The summed E-state index contributed by atoms with van der Waals surface area (Å²) in [5.74, 6) is 6.92. The van der Waals surface area contributed by atoms with Crippen molar-refractivity contribution in [2.45, 2.75) is 49.1 Å². The molecule has 0 heterocycles. The highest BCUT2D eigenvalue weighted by atomic mass is 27.2. The number of hydrogen-bond donors (Lipinski definition) is 1. The summed E-state index contributed by atoms with van der Waals surface area (Å²) in [6.45, 7) is 0. The molecule has 0 unspecified atom stereocenters. The summed E-state index contributed by atoms with van der Waals surface area (Å²) in [6, 6.07) is 0.546. The molecule has 1 fully saturated rings. The summed E-state index contributed by atoms with van der Waals surface area (Å²) < 4.78 is 0. The average Bonchev–Trinajstić information content (AvgIpc) is 2.15. The SMILES string of the molecule is NC1CCCC1.[CH3][Al]([CH3])[CH3]. The third-order valence-corrected chi connectivity index (χ3v) is 1.40. The van der Waals surface area contributed by atoms with Gasteiger partial charge in [0.15, 0.2) is 0 Å². The van der Waals surface area contributed by atoms with Gasteiger partial charge in [-0.05, 0) is 12.8 Å². The van der Waals surface area contributed by atoms with Crippen LogP contribution in [0.4, 0.5) is 0 Å². The lowest BCUT2D eigenvalue weighted by Crippen LogP contribution is -2.13. The molecule has 0 radical (unpaired) electrons. The van der Waals surface area contributed by atoms with Crippen molar-refractivity contribution in [3.8, 4) is 0 Å². The van der Waals surface area contributed by atoms with E-state index in [4.69, 9.17) is 5.73 Å². The van der Waals surface area contributed by atoms with Crippen molar-refractivity contribution >= 4 is 14.1 Å². The van der Waals surface area contributed by atoms with Gasteiger partial charge in [-0.2, -0.15) is 0 Å².